The lowest BCUT2D eigenvalue weighted by molar-refractivity contribution is 0.120. The van der Waals surface area contributed by atoms with Crippen LogP contribution in [0.4, 0.5) is 0 Å². The molecule has 1 heteroatoms. The van der Waals surface area contributed by atoms with Crippen LogP contribution in [0.5, 0.6) is 0 Å². The molecule has 0 unspecified atom stereocenters. The van der Waals surface area contributed by atoms with E-state index in [1.807, 2.05) is 0 Å². The molecular formula is C14H27N. The molecule has 0 heterocycles. The Labute approximate surface area is 95.2 Å². The molecular weight excluding hydrogens is 182 g/mol. The highest BCUT2D eigenvalue weighted by molar-refractivity contribution is 4.86. The molecule has 2 aliphatic rings. The molecule has 88 valence electrons. The minimum Gasteiger partial charge on any atom is -0.297 e. The molecule has 0 spiro atoms. The molecule has 0 N–H and O–H groups in total. The van der Waals surface area contributed by atoms with E-state index in [0.717, 1.165) is 18.0 Å². The van der Waals surface area contributed by atoms with Crippen LogP contribution < -0.4 is 0 Å². The zero-order valence-corrected chi connectivity index (χ0v) is 10.5. The van der Waals surface area contributed by atoms with E-state index in [0.29, 0.717) is 0 Å². The average molecular weight is 209 g/mol. The summed E-state index contributed by atoms with van der Waals surface area (Å²) in [5, 5.41) is 0. The SMILES string of the molecule is CC(C)CN(C1CCCC1)C1CCCC1. The number of rotatable bonds is 4. The van der Waals surface area contributed by atoms with Crippen molar-refractivity contribution in [1.82, 2.24) is 4.90 Å². The lowest BCUT2D eigenvalue weighted by atomic mass is 10.1. The van der Waals surface area contributed by atoms with Crippen LogP contribution in [0.2, 0.25) is 0 Å². The van der Waals surface area contributed by atoms with Gasteiger partial charge in [0.2, 0.25) is 0 Å². The van der Waals surface area contributed by atoms with Gasteiger partial charge in [-0.3, -0.25) is 4.90 Å². The van der Waals surface area contributed by atoms with E-state index < -0.39 is 0 Å². The molecule has 0 aromatic carbocycles. The maximum Gasteiger partial charge on any atom is 0.00983 e. The van der Waals surface area contributed by atoms with Crippen LogP contribution in [0, 0.1) is 5.92 Å². The first kappa shape index (κ1) is 11.4. The topological polar surface area (TPSA) is 3.24 Å². The lowest BCUT2D eigenvalue weighted by Crippen LogP contribution is -2.42. The Morgan fingerprint density at radius 1 is 0.867 bits per heavy atom. The molecule has 2 rings (SSSR count). The van der Waals surface area contributed by atoms with Crippen molar-refractivity contribution in [1.29, 1.82) is 0 Å². The molecule has 15 heavy (non-hydrogen) atoms. The summed E-state index contributed by atoms with van der Waals surface area (Å²) in [6.07, 6.45) is 11.8. The molecule has 0 radical (unpaired) electrons. The van der Waals surface area contributed by atoms with Crippen molar-refractivity contribution in [2.45, 2.75) is 77.3 Å². The lowest BCUT2D eigenvalue weighted by Gasteiger charge is -2.35. The molecule has 0 amide bonds. The summed E-state index contributed by atoms with van der Waals surface area (Å²) in [6, 6.07) is 1.88. The third-order valence-electron chi connectivity index (χ3n) is 4.16. The summed E-state index contributed by atoms with van der Waals surface area (Å²) in [6.45, 7) is 6.09. The van der Waals surface area contributed by atoms with Crippen molar-refractivity contribution >= 4 is 0 Å². The highest BCUT2D eigenvalue weighted by Crippen LogP contribution is 2.31. The number of hydrogen-bond donors (Lipinski definition) is 0. The van der Waals surface area contributed by atoms with Crippen LogP contribution in [0.3, 0.4) is 0 Å². The van der Waals surface area contributed by atoms with Crippen molar-refractivity contribution in [2.24, 2.45) is 5.92 Å². The summed E-state index contributed by atoms with van der Waals surface area (Å²) < 4.78 is 0. The second-order valence-corrected chi connectivity index (χ2v) is 5.97. The van der Waals surface area contributed by atoms with Gasteiger partial charge in [-0.25, -0.2) is 0 Å². The first-order chi connectivity index (χ1) is 7.27. The van der Waals surface area contributed by atoms with Crippen LogP contribution in [0.1, 0.15) is 65.2 Å². The summed E-state index contributed by atoms with van der Waals surface area (Å²) >= 11 is 0. The van der Waals surface area contributed by atoms with E-state index in [2.05, 4.69) is 18.7 Å². The Balaban J connectivity index is 1.94. The fourth-order valence-electron chi connectivity index (χ4n) is 3.49. The monoisotopic (exact) mass is 209 g/mol. The van der Waals surface area contributed by atoms with Gasteiger partial charge >= 0.3 is 0 Å². The first-order valence-electron chi connectivity index (χ1n) is 7.03. The number of nitrogens with zero attached hydrogens (tertiary/aromatic N) is 1. The molecule has 0 saturated heterocycles. The summed E-state index contributed by atoms with van der Waals surface area (Å²) in [7, 11) is 0. The summed E-state index contributed by atoms with van der Waals surface area (Å²) in [4.78, 5) is 2.88. The first-order valence-corrected chi connectivity index (χ1v) is 7.03. The Morgan fingerprint density at radius 3 is 1.60 bits per heavy atom. The van der Waals surface area contributed by atoms with E-state index in [9.17, 15) is 0 Å². The van der Waals surface area contributed by atoms with E-state index in [4.69, 9.17) is 0 Å². The van der Waals surface area contributed by atoms with Crippen molar-refractivity contribution in [3.63, 3.8) is 0 Å². The van der Waals surface area contributed by atoms with Gasteiger partial charge in [-0.2, -0.15) is 0 Å². The molecule has 2 saturated carbocycles. The van der Waals surface area contributed by atoms with Crippen LogP contribution in [0.25, 0.3) is 0 Å². The van der Waals surface area contributed by atoms with Crippen LogP contribution >= 0.6 is 0 Å². The van der Waals surface area contributed by atoms with E-state index in [-0.39, 0.29) is 0 Å². The minimum absolute atomic E-state index is 0.839. The van der Waals surface area contributed by atoms with Gasteiger partial charge in [-0.05, 0) is 31.6 Å². The maximum atomic E-state index is 2.88. The van der Waals surface area contributed by atoms with Crippen LogP contribution in [-0.2, 0) is 0 Å². The zero-order chi connectivity index (χ0) is 10.7. The second kappa shape index (κ2) is 5.34. The number of hydrogen-bond acceptors (Lipinski definition) is 1. The Morgan fingerprint density at radius 2 is 1.27 bits per heavy atom. The standard InChI is InChI=1S/C14H27N/c1-12(2)11-15(13-7-3-4-8-13)14-9-5-6-10-14/h12-14H,3-11H2,1-2H3. The van der Waals surface area contributed by atoms with Crippen molar-refractivity contribution in [3.05, 3.63) is 0 Å². The van der Waals surface area contributed by atoms with Gasteiger partial charge in [0.1, 0.15) is 0 Å². The van der Waals surface area contributed by atoms with Crippen molar-refractivity contribution < 1.29 is 0 Å². The Hall–Kier alpha value is -0.0400. The average Bonchev–Trinajstić information content (AvgIpc) is 2.87. The predicted octanol–water partition coefficient (Wildman–Crippen LogP) is 3.83. The normalized spacial score (nSPS) is 24.8. The third kappa shape index (κ3) is 2.96. The highest BCUT2D eigenvalue weighted by Gasteiger charge is 2.30. The van der Waals surface area contributed by atoms with Crippen LogP contribution in [0.15, 0.2) is 0 Å². The smallest absolute Gasteiger partial charge is 0.00983 e. The molecule has 0 atom stereocenters. The molecule has 0 aliphatic heterocycles. The zero-order valence-electron chi connectivity index (χ0n) is 10.5. The molecule has 0 bridgehead atoms. The van der Waals surface area contributed by atoms with Crippen molar-refractivity contribution in [3.8, 4) is 0 Å². The fraction of sp³-hybridized carbons (Fsp3) is 1.00. The minimum atomic E-state index is 0.839. The van der Waals surface area contributed by atoms with Crippen LogP contribution in [-0.4, -0.2) is 23.5 Å². The summed E-state index contributed by atoms with van der Waals surface area (Å²) in [5.41, 5.74) is 0. The van der Waals surface area contributed by atoms with Gasteiger partial charge in [0, 0.05) is 18.6 Å². The summed E-state index contributed by atoms with van der Waals surface area (Å²) in [5.74, 6) is 0.839. The van der Waals surface area contributed by atoms with Gasteiger partial charge < -0.3 is 0 Å². The van der Waals surface area contributed by atoms with Crippen molar-refractivity contribution in [2.75, 3.05) is 6.54 Å². The molecule has 0 aromatic heterocycles. The van der Waals surface area contributed by atoms with E-state index in [1.54, 1.807) is 0 Å². The largest absolute Gasteiger partial charge is 0.297 e. The maximum absolute atomic E-state index is 2.88. The third-order valence-corrected chi connectivity index (χ3v) is 4.16. The predicted molar refractivity (Wildman–Crippen MR) is 66.1 cm³/mol. The molecule has 2 fully saturated rings. The Bertz CT molecular complexity index is 160. The quantitative estimate of drug-likeness (QED) is 0.680. The van der Waals surface area contributed by atoms with Gasteiger partial charge in [0.05, 0.1) is 0 Å². The van der Waals surface area contributed by atoms with Gasteiger partial charge in [-0.1, -0.05) is 39.5 Å². The second-order valence-electron chi connectivity index (χ2n) is 5.97. The fourth-order valence-corrected chi connectivity index (χ4v) is 3.49. The van der Waals surface area contributed by atoms with Gasteiger partial charge in [0.25, 0.3) is 0 Å². The van der Waals surface area contributed by atoms with E-state index in [1.165, 1.54) is 57.9 Å². The molecule has 0 aromatic rings. The molecule has 2 aliphatic carbocycles. The van der Waals surface area contributed by atoms with E-state index >= 15 is 0 Å². The molecule has 1 nitrogen and oxygen atoms in total. The Kier molecular flexibility index (Phi) is 4.07. The highest BCUT2D eigenvalue weighted by atomic mass is 15.2. The van der Waals surface area contributed by atoms with Gasteiger partial charge in [0.15, 0.2) is 0 Å². The van der Waals surface area contributed by atoms with Gasteiger partial charge in [-0.15, -0.1) is 0 Å².